The molecule has 140 valence electrons. The molecule has 6 heteroatoms. The Hall–Kier alpha value is -1.53. The van der Waals surface area contributed by atoms with E-state index in [1.54, 1.807) is 13.0 Å². The molecule has 2 N–H and O–H groups in total. The lowest BCUT2D eigenvalue weighted by Gasteiger charge is -2.59. The Bertz CT molecular complexity index is 804. The van der Waals surface area contributed by atoms with Gasteiger partial charge in [0.15, 0.2) is 17.1 Å². The largest absolute Gasteiger partial charge is 0.479 e. The van der Waals surface area contributed by atoms with Crippen LogP contribution in [0, 0.1) is 23.2 Å². The summed E-state index contributed by atoms with van der Waals surface area (Å²) in [5, 5.41) is 20.7. The van der Waals surface area contributed by atoms with Gasteiger partial charge in [-0.05, 0) is 50.2 Å². The minimum absolute atomic E-state index is 0.00797. The van der Waals surface area contributed by atoms with E-state index in [1.165, 1.54) is 12.2 Å². The highest BCUT2D eigenvalue weighted by Gasteiger charge is 2.88. The average Bonchev–Trinajstić information content (AvgIpc) is 3.18. The molecule has 26 heavy (non-hydrogen) atoms. The van der Waals surface area contributed by atoms with Crippen LogP contribution in [0.5, 0.6) is 0 Å². The second-order valence-corrected chi connectivity index (χ2v) is 9.02. The topological polar surface area (TPSA) is 87.1 Å². The number of ketones is 1. The summed E-state index contributed by atoms with van der Waals surface area (Å²) in [5.74, 6) is -2.08. The molecule has 0 aromatic carbocycles. The molecule has 5 rings (SSSR count). The number of epoxide rings is 1. The average molecular weight is 362 g/mol. The third kappa shape index (κ3) is 1.45. The number of aliphatic carboxylic acids is 1. The maximum atomic E-state index is 16.7. The molecule has 1 spiro atoms. The van der Waals surface area contributed by atoms with E-state index < -0.39 is 40.3 Å². The summed E-state index contributed by atoms with van der Waals surface area (Å²) in [6, 6.07) is 0. The van der Waals surface area contributed by atoms with Crippen molar-refractivity contribution >= 4 is 11.8 Å². The zero-order valence-corrected chi connectivity index (χ0v) is 14.9. The van der Waals surface area contributed by atoms with Crippen LogP contribution in [0.25, 0.3) is 0 Å². The fourth-order valence-electron chi connectivity index (χ4n) is 7.00. The molecular formula is C20H23FO5. The van der Waals surface area contributed by atoms with Crippen LogP contribution in [-0.2, 0) is 14.3 Å². The molecule has 8 atom stereocenters. The van der Waals surface area contributed by atoms with Crippen LogP contribution in [-0.4, -0.2) is 44.9 Å². The number of aliphatic hydroxyl groups excluding tert-OH is 1. The van der Waals surface area contributed by atoms with E-state index in [9.17, 15) is 19.8 Å². The third-order valence-corrected chi connectivity index (χ3v) is 8.24. The van der Waals surface area contributed by atoms with E-state index >= 15 is 4.39 Å². The second kappa shape index (κ2) is 4.47. The van der Waals surface area contributed by atoms with E-state index in [0.29, 0.717) is 19.3 Å². The standard InChI is InChI=1S/C20H23FO5/c1-10-7-14-13-4-3-11-8-12(22)5-6-17(11,2)19(13,21)15(23)9-18(14)20(10,26-18)16(24)25/h5-6,8,10,13-15,23H,3-4,7,9H2,1-2H3,(H,24,25)/t10-,13?,14+,15+,17?,18-,19+,20+/m1/s1. The molecule has 4 aliphatic carbocycles. The minimum atomic E-state index is -1.93. The summed E-state index contributed by atoms with van der Waals surface area (Å²) in [7, 11) is 0. The quantitative estimate of drug-likeness (QED) is 0.698. The predicted octanol–water partition coefficient (Wildman–Crippen LogP) is 2.19. The molecule has 0 bridgehead atoms. The van der Waals surface area contributed by atoms with Gasteiger partial charge < -0.3 is 14.9 Å². The second-order valence-electron chi connectivity index (χ2n) is 9.02. The molecule has 1 heterocycles. The molecule has 5 aliphatic rings. The maximum Gasteiger partial charge on any atom is 0.339 e. The van der Waals surface area contributed by atoms with Gasteiger partial charge in [0.05, 0.1) is 6.10 Å². The third-order valence-electron chi connectivity index (χ3n) is 8.24. The number of hydrogen-bond acceptors (Lipinski definition) is 4. The Morgan fingerprint density at radius 3 is 2.77 bits per heavy atom. The minimum Gasteiger partial charge on any atom is -0.479 e. The Balaban J connectivity index is 1.63. The van der Waals surface area contributed by atoms with Crippen molar-refractivity contribution < 1.29 is 28.9 Å². The highest BCUT2D eigenvalue weighted by atomic mass is 19.1. The predicted molar refractivity (Wildman–Crippen MR) is 89.0 cm³/mol. The number of hydrogen-bond donors (Lipinski definition) is 2. The Morgan fingerprint density at radius 1 is 1.38 bits per heavy atom. The zero-order chi connectivity index (χ0) is 18.7. The Kier molecular flexibility index (Phi) is 2.86. The smallest absolute Gasteiger partial charge is 0.339 e. The maximum absolute atomic E-state index is 16.7. The van der Waals surface area contributed by atoms with E-state index in [-0.39, 0.29) is 24.0 Å². The summed E-state index contributed by atoms with van der Waals surface area (Å²) in [6.45, 7) is 3.61. The van der Waals surface area contributed by atoms with Gasteiger partial charge in [-0.3, -0.25) is 4.79 Å². The van der Waals surface area contributed by atoms with Crippen LogP contribution in [0.2, 0.25) is 0 Å². The molecule has 5 nitrogen and oxygen atoms in total. The number of ether oxygens (including phenoxy) is 1. The van der Waals surface area contributed by atoms with Gasteiger partial charge in [-0.15, -0.1) is 0 Å². The molecule has 4 fully saturated rings. The number of rotatable bonds is 1. The number of carbonyl (C=O) groups excluding carboxylic acids is 1. The van der Waals surface area contributed by atoms with Gasteiger partial charge in [-0.2, -0.15) is 0 Å². The van der Waals surface area contributed by atoms with Gasteiger partial charge in [0, 0.05) is 17.8 Å². The number of carboxylic acid groups (broad SMARTS) is 1. The fraction of sp³-hybridized carbons (Fsp3) is 0.700. The van der Waals surface area contributed by atoms with Crippen LogP contribution in [0.4, 0.5) is 4.39 Å². The molecule has 3 saturated carbocycles. The number of alkyl halides is 1. The van der Waals surface area contributed by atoms with Crippen LogP contribution in [0.3, 0.4) is 0 Å². The lowest BCUT2D eigenvalue weighted by atomic mass is 9.48. The van der Waals surface area contributed by atoms with E-state index in [0.717, 1.165) is 5.57 Å². The monoisotopic (exact) mass is 362 g/mol. The fourth-order valence-corrected chi connectivity index (χ4v) is 7.00. The lowest BCUT2D eigenvalue weighted by Crippen LogP contribution is -2.66. The van der Waals surface area contributed by atoms with Crippen molar-refractivity contribution in [1.29, 1.82) is 0 Å². The molecule has 1 aliphatic heterocycles. The summed E-state index contributed by atoms with van der Waals surface area (Å²) in [4.78, 5) is 23.7. The number of halogens is 1. The van der Waals surface area contributed by atoms with Crippen molar-refractivity contribution in [2.45, 2.75) is 62.5 Å². The highest BCUT2D eigenvalue weighted by molar-refractivity contribution is 6.01. The first-order chi connectivity index (χ1) is 12.1. The SMILES string of the molecule is C[C@@H]1C[C@H]2C3CCC4=CC(=O)C=CC4(C)[C@@]3(F)[C@@H](O)C[C@@]23O[C@]13C(=O)O. The number of carboxylic acids is 1. The van der Waals surface area contributed by atoms with Gasteiger partial charge in [0.2, 0.25) is 0 Å². The number of aliphatic hydroxyl groups is 1. The number of carbonyl (C=O) groups is 2. The van der Waals surface area contributed by atoms with Crippen molar-refractivity contribution in [3.8, 4) is 0 Å². The van der Waals surface area contributed by atoms with Gasteiger partial charge >= 0.3 is 5.97 Å². The zero-order valence-electron chi connectivity index (χ0n) is 14.9. The Labute approximate surface area is 150 Å². The van der Waals surface area contributed by atoms with E-state index in [1.807, 2.05) is 6.92 Å². The molecule has 0 radical (unpaired) electrons. The van der Waals surface area contributed by atoms with Crippen molar-refractivity contribution in [3.05, 3.63) is 23.8 Å². The van der Waals surface area contributed by atoms with Gasteiger partial charge in [-0.1, -0.05) is 18.6 Å². The molecule has 1 saturated heterocycles. The summed E-state index contributed by atoms with van der Waals surface area (Å²) < 4.78 is 22.5. The van der Waals surface area contributed by atoms with Gasteiger partial charge in [-0.25, -0.2) is 9.18 Å². The lowest BCUT2D eigenvalue weighted by molar-refractivity contribution is -0.179. The molecule has 2 unspecified atom stereocenters. The summed E-state index contributed by atoms with van der Waals surface area (Å²) >= 11 is 0. The van der Waals surface area contributed by atoms with Gasteiger partial charge in [0.1, 0.15) is 5.60 Å². The van der Waals surface area contributed by atoms with Crippen LogP contribution in [0.1, 0.15) is 39.5 Å². The first-order valence-electron chi connectivity index (χ1n) is 9.38. The first kappa shape index (κ1) is 16.6. The molecule has 0 aromatic rings. The van der Waals surface area contributed by atoms with Crippen molar-refractivity contribution in [2.75, 3.05) is 0 Å². The molecular weight excluding hydrogens is 339 g/mol. The Morgan fingerprint density at radius 2 is 2.12 bits per heavy atom. The van der Waals surface area contributed by atoms with Crippen molar-refractivity contribution in [2.24, 2.45) is 23.2 Å². The molecule has 0 aromatic heterocycles. The van der Waals surface area contributed by atoms with Crippen molar-refractivity contribution in [3.63, 3.8) is 0 Å². The highest BCUT2D eigenvalue weighted by Crippen LogP contribution is 2.75. The van der Waals surface area contributed by atoms with Crippen LogP contribution in [0.15, 0.2) is 23.8 Å². The van der Waals surface area contributed by atoms with E-state index in [2.05, 4.69) is 0 Å². The number of fused-ring (bicyclic) bond motifs is 4. The van der Waals surface area contributed by atoms with Crippen LogP contribution >= 0.6 is 0 Å². The van der Waals surface area contributed by atoms with Crippen LogP contribution < -0.4 is 0 Å². The summed E-state index contributed by atoms with van der Waals surface area (Å²) in [6.07, 6.45) is 4.82. The normalized spacial score (nSPS) is 56.8. The molecule has 0 amide bonds. The van der Waals surface area contributed by atoms with Gasteiger partial charge in [0.25, 0.3) is 0 Å². The summed E-state index contributed by atoms with van der Waals surface area (Å²) in [5.41, 5.74) is -4.48. The number of allylic oxidation sites excluding steroid dienone is 4. The first-order valence-corrected chi connectivity index (χ1v) is 9.38. The van der Waals surface area contributed by atoms with E-state index in [4.69, 9.17) is 4.74 Å². The van der Waals surface area contributed by atoms with Crippen molar-refractivity contribution in [1.82, 2.24) is 0 Å².